The molecule has 1 heteroatoms. The summed E-state index contributed by atoms with van der Waals surface area (Å²) in [6.07, 6.45) is 0. The van der Waals surface area contributed by atoms with E-state index in [1.54, 1.807) is 11.1 Å². The van der Waals surface area contributed by atoms with E-state index < -0.39 is 0 Å². The number of fused-ring (bicyclic) bond motifs is 5. The summed E-state index contributed by atoms with van der Waals surface area (Å²) in [5.74, 6) is 0. The molecule has 2 bridgehead atoms. The topological polar surface area (TPSA) is 3.24 Å². The molecule has 0 fully saturated rings. The highest BCUT2D eigenvalue weighted by molar-refractivity contribution is 5.52. The van der Waals surface area contributed by atoms with Crippen molar-refractivity contribution in [2.45, 2.75) is 45.8 Å². The van der Waals surface area contributed by atoms with Gasteiger partial charge in [-0.25, -0.2) is 0 Å². The molecule has 0 N–H and O–H groups in total. The molecule has 0 spiro atoms. The molecular formula is C15H19N. The van der Waals surface area contributed by atoms with Gasteiger partial charge in [0.2, 0.25) is 0 Å². The van der Waals surface area contributed by atoms with Gasteiger partial charge in [-0.2, -0.15) is 0 Å². The highest BCUT2D eigenvalue weighted by Gasteiger charge is 2.46. The Morgan fingerprint density at radius 2 is 1.38 bits per heavy atom. The molecule has 0 aromatic heterocycles. The molecule has 2 heterocycles. The summed E-state index contributed by atoms with van der Waals surface area (Å²) in [4.78, 5) is 2.65. The van der Waals surface area contributed by atoms with Gasteiger partial charge in [-0.05, 0) is 38.8 Å². The fraction of sp³-hybridized carbons (Fsp3) is 0.467. The summed E-state index contributed by atoms with van der Waals surface area (Å²) in [5, 5.41) is 0. The van der Waals surface area contributed by atoms with E-state index in [4.69, 9.17) is 0 Å². The summed E-state index contributed by atoms with van der Waals surface area (Å²) in [6, 6.07) is 10.6. The van der Waals surface area contributed by atoms with Gasteiger partial charge < -0.3 is 0 Å². The lowest BCUT2D eigenvalue weighted by atomic mass is 9.88. The summed E-state index contributed by atoms with van der Waals surface area (Å²) < 4.78 is 0. The van der Waals surface area contributed by atoms with E-state index >= 15 is 0 Å². The van der Waals surface area contributed by atoms with E-state index in [1.807, 2.05) is 0 Å². The Hall–Kier alpha value is -1.08. The van der Waals surface area contributed by atoms with Crippen LogP contribution in [-0.4, -0.2) is 10.9 Å². The second-order valence-corrected chi connectivity index (χ2v) is 5.34. The maximum absolute atomic E-state index is 2.65. The minimum absolute atomic E-state index is 0.543. The van der Waals surface area contributed by atoms with Crippen LogP contribution >= 0.6 is 0 Å². The quantitative estimate of drug-likeness (QED) is 0.641. The first-order chi connectivity index (χ1) is 7.63. The highest BCUT2D eigenvalue weighted by Crippen LogP contribution is 2.56. The number of rotatable bonds is 1. The van der Waals surface area contributed by atoms with Crippen LogP contribution in [0.25, 0.3) is 0 Å². The third-order valence-corrected chi connectivity index (χ3v) is 4.22. The molecule has 84 valence electrons. The maximum atomic E-state index is 2.65. The van der Waals surface area contributed by atoms with Gasteiger partial charge in [0.25, 0.3) is 0 Å². The second kappa shape index (κ2) is 3.21. The van der Waals surface area contributed by atoms with Crippen LogP contribution in [-0.2, 0) is 0 Å². The standard InChI is InChI=1S/C15H19N/c1-9(2)16-14-10(3)11(4)15(16)13-8-6-5-7-12(13)14/h5-9,14-15H,1-4H3. The average Bonchev–Trinajstić information content (AvgIpc) is 2.73. The zero-order chi connectivity index (χ0) is 11.4. The lowest BCUT2D eigenvalue weighted by Gasteiger charge is -2.28. The molecule has 0 amide bonds. The fourth-order valence-corrected chi connectivity index (χ4v) is 3.42. The molecule has 1 aromatic rings. The molecule has 0 saturated heterocycles. The van der Waals surface area contributed by atoms with Gasteiger partial charge in [0.1, 0.15) is 0 Å². The van der Waals surface area contributed by atoms with Crippen molar-refractivity contribution in [3.8, 4) is 0 Å². The van der Waals surface area contributed by atoms with Crippen LogP contribution in [0, 0.1) is 0 Å². The van der Waals surface area contributed by atoms with Crippen LogP contribution in [0.3, 0.4) is 0 Å². The van der Waals surface area contributed by atoms with Crippen LogP contribution in [0.15, 0.2) is 35.4 Å². The number of hydrogen-bond acceptors (Lipinski definition) is 1. The zero-order valence-electron chi connectivity index (χ0n) is 10.5. The average molecular weight is 213 g/mol. The second-order valence-electron chi connectivity index (χ2n) is 5.34. The van der Waals surface area contributed by atoms with Crippen LogP contribution < -0.4 is 0 Å². The van der Waals surface area contributed by atoms with Crippen molar-refractivity contribution in [3.63, 3.8) is 0 Å². The Kier molecular flexibility index (Phi) is 2.02. The predicted octanol–water partition coefficient (Wildman–Crippen LogP) is 3.84. The van der Waals surface area contributed by atoms with Gasteiger partial charge in [-0.3, -0.25) is 4.90 Å². The molecule has 2 aliphatic heterocycles. The van der Waals surface area contributed by atoms with Crippen molar-refractivity contribution >= 4 is 0 Å². The Morgan fingerprint density at radius 1 is 0.938 bits per heavy atom. The smallest absolute Gasteiger partial charge is 0.0576 e. The lowest BCUT2D eigenvalue weighted by Crippen LogP contribution is -2.29. The first-order valence-corrected chi connectivity index (χ1v) is 6.16. The predicted molar refractivity (Wildman–Crippen MR) is 67.3 cm³/mol. The molecule has 1 aromatic carbocycles. The minimum Gasteiger partial charge on any atom is -0.279 e. The van der Waals surface area contributed by atoms with Crippen molar-refractivity contribution in [2.24, 2.45) is 0 Å². The number of benzene rings is 1. The Morgan fingerprint density at radius 3 is 1.75 bits per heavy atom. The molecule has 1 nitrogen and oxygen atoms in total. The van der Waals surface area contributed by atoms with Gasteiger partial charge in [0.15, 0.2) is 0 Å². The Labute approximate surface area is 97.8 Å². The van der Waals surface area contributed by atoms with Gasteiger partial charge in [0.05, 0.1) is 12.1 Å². The van der Waals surface area contributed by atoms with Crippen molar-refractivity contribution < 1.29 is 0 Å². The van der Waals surface area contributed by atoms with E-state index in [-0.39, 0.29) is 0 Å². The number of nitrogens with zero attached hydrogens (tertiary/aromatic N) is 1. The number of hydrogen-bond donors (Lipinski definition) is 0. The largest absolute Gasteiger partial charge is 0.279 e. The van der Waals surface area contributed by atoms with Gasteiger partial charge in [-0.15, -0.1) is 0 Å². The lowest BCUT2D eigenvalue weighted by molar-refractivity contribution is 0.180. The Balaban J connectivity index is 2.18. The third kappa shape index (κ3) is 1.04. The Bertz CT molecular complexity index is 431. The van der Waals surface area contributed by atoms with Gasteiger partial charge >= 0.3 is 0 Å². The first-order valence-electron chi connectivity index (χ1n) is 6.16. The van der Waals surface area contributed by atoms with Crippen LogP contribution in [0.4, 0.5) is 0 Å². The fourth-order valence-electron chi connectivity index (χ4n) is 3.42. The molecule has 0 radical (unpaired) electrons. The van der Waals surface area contributed by atoms with Crippen molar-refractivity contribution in [1.82, 2.24) is 4.90 Å². The highest BCUT2D eigenvalue weighted by atomic mass is 15.3. The summed E-state index contributed by atoms with van der Waals surface area (Å²) >= 11 is 0. The summed E-state index contributed by atoms with van der Waals surface area (Å²) in [7, 11) is 0. The first kappa shape index (κ1) is 10.1. The van der Waals surface area contributed by atoms with Crippen LogP contribution in [0.2, 0.25) is 0 Å². The van der Waals surface area contributed by atoms with Crippen LogP contribution in [0.1, 0.15) is 50.9 Å². The summed E-state index contributed by atoms with van der Waals surface area (Å²) in [5.41, 5.74) is 6.20. The molecule has 2 unspecified atom stereocenters. The molecule has 2 atom stereocenters. The van der Waals surface area contributed by atoms with E-state index in [2.05, 4.69) is 56.9 Å². The minimum atomic E-state index is 0.543. The van der Waals surface area contributed by atoms with Crippen molar-refractivity contribution in [3.05, 3.63) is 46.5 Å². The maximum Gasteiger partial charge on any atom is 0.0576 e. The summed E-state index contributed by atoms with van der Waals surface area (Å²) in [6.45, 7) is 9.20. The molecule has 3 rings (SSSR count). The van der Waals surface area contributed by atoms with E-state index in [9.17, 15) is 0 Å². The molecule has 16 heavy (non-hydrogen) atoms. The molecular weight excluding hydrogens is 194 g/mol. The van der Waals surface area contributed by atoms with Crippen LogP contribution in [0.5, 0.6) is 0 Å². The monoisotopic (exact) mass is 213 g/mol. The SMILES string of the molecule is CC1=C(C)C2c3ccccc3C1N2C(C)C. The van der Waals surface area contributed by atoms with E-state index in [1.165, 1.54) is 11.1 Å². The molecule has 0 saturated carbocycles. The molecule has 0 aliphatic carbocycles. The van der Waals surface area contributed by atoms with Gasteiger partial charge in [0, 0.05) is 6.04 Å². The normalized spacial score (nSPS) is 28.1. The molecule has 2 aliphatic rings. The third-order valence-electron chi connectivity index (χ3n) is 4.22. The van der Waals surface area contributed by atoms with Crippen molar-refractivity contribution in [1.29, 1.82) is 0 Å². The zero-order valence-corrected chi connectivity index (χ0v) is 10.5. The van der Waals surface area contributed by atoms with Gasteiger partial charge in [-0.1, -0.05) is 35.4 Å². The van der Waals surface area contributed by atoms with E-state index in [0.717, 1.165) is 0 Å². The van der Waals surface area contributed by atoms with Crippen molar-refractivity contribution in [2.75, 3.05) is 0 Å². The van der Waals surface area contributed by atoms with E-state index in [0.29, 0.717) is 18.1 Å².